The Labute approximate surface area is 448 Å². The average molecular weight is 1100 g/mol. The van der Waals surface area contributed by atoms with Crippen LogP contribution < -0.4 is 59.7 Å². The number of imidazole rings is 1. The van der Waals surface area contributed by atoms with Crippen LogP contribution in [0.4, 0.5) is 0 Å². The van der Waals surface area contributed by atoms with Crippen LogP contribution in [0.5, 0.6) is 5.75 Å². The van der Waals surface area contributed by atoms with Crippen LogP contribution in [0.2, 0.25) is 0 Å². The Hall–Kier alpha value is -8.41. The van der Waals surface area contributed by atoms with Gasteiger partial charge < -0.3 is 90.3 Å². The molecule has 0 radical (unpaired) electrons. The molecule has 20 N–H and O–H groups in total. The Kier molecular flexibility index (Phi) is 27.7. The van der Waals surface area contributed by atoms with E-state index >= 15 is 0 Å². The highest BCUT2D eigenvalue weighted by Crippen LogP contribution is 2.14. The molecule has 0 aliphatic carbocycles. The number of carbonyl (C=O) groups excluding carboxylic acids is 8. The first kappa shape index (κ1) is 65.7. The van der Waals surface area contributed by atoms with E-state index in [2.05, 4.69) is 57.5 Å². The zero-order valence-electron chi connectivity index (χ0n) is 43.9. The predicted octanol–water partition coefficient (Wildman–Crippen LogP) is -4.31. The summed E-state index contributed by atoms with van der Waals surface area (Å²) in [6.07, 6.45) is -1.07. The second-order valence-electron chi connectivity index (χ2n) is 18.9. The predicted molar refractivity (Wildman–Crippen MR) is 276 cm³/mol. The molecule has 2 aromatic rings. The van der Waals surface area contributed by atoms with Crippen LogP contribution in [0, 0.1) is 11.8 Å². The average Bonchev–Trinajstić information content (AvgIpc) is 3.88. The normalized spacial score (nSPS) is 14.9. The highest BCUT2D eigenvalue weighted by atomic mass is 16.4. The van der Waals surface area contributed by atoms with Crippen molar-refractivity contribution in [1.82, 2.24) is 52.5 Å². The number of hydrogen-bond donors (Lipinski definition) is 17. The van der Waals surface area contributed by atoms with Crippen molar-refractivity contribution in [3.63, 3.8) is 0 Å². The number of aliphatic hydroxyl groups excluding tert-OH is 1. The fraction of sp³-hybridized carbons (Fsp3) is 0.562. The number of nitrogens with one attached hydrogen (secondary N) is 9. The lowest BCUT2D eigenvalue weighted by atomic mass is 9.98. The van der Waals surface area contributed by atoms with Gasteiger partial charge in [0.1, 0.15) is 48.0 Å². The Balaban J connectivity index is 2.36. The Morgan fingerprint density at radius 2 is 1.23 bits per heavy atom. The quantitative estimate of drug-likeness (QED) is 0.0176. The monoisotopic (exact) mass is 1100 g/mol. The molecular formula is C48H74N14O16. The molecule has 10 atom stereocenters. The summed E-state index contributed by atoms with van der Waals surface area (Å²) in [6, 6.07) is -6.66. The molecule has 0 unspecified atom stereocenters. The lowest BCUT2D eigenvalue weighted by Crippen LogP contribution is -2.60. The maximum atomic E-state index is 14.2. The Morgan fingerprint density at radius 1 is 0.667 bits per heavy atom. The smallest absolute Gasteiger partial charge is 0.326 e. The van der Waals surface area contributed by atoms with Gasteiger partial charge in [-0.2, -0.15) is 0 Å². The summed E-state index contributed by atoms with van der Waals surface area (Å²) in [4.78, 5) is 155. The van der Waals surface area contributed by atoms with E-state index in [1.165, 1.54) is 43.7 Å². The minimum atomic E-state index is -1.88. The number of aromatic nitrogens is 2. The molecule has 0 aliphatic heterocycles. The van der Waals surface area contributed by atoms with Gasteiger partial charge in [-0.1, -0.05) is 46.2 Å². The lowest BCUT2D eigenvalue weighted by molar-refractivity contribution is -0.144. The molecule has 30 heteroatoms. The number of phenolic OH excluding ortho intramolecular Hbond substituents is 1. The first-order valence-electron chi connectivity index (χ1n) is 24.9. The van der Waals surface area contributed by atoms with E-state index in [1.807, 2.05) is 0 Å². The fourth-order valence-electron chi connectivity index (χ4n) is 7.39. The number of aliphatic hydroxyl groups is 1. The summed E-state index contributed by atoms with van der Waals surface area (Å²) in [5.41, 5.74) is 17.6. The van der Waals surface area contributed by atoms with Crippen LogP contribution in [-0.2, 0) is 65.6 Å². The summed E-state index contributed by atoms with van der Waals surface area (Å²) in [5, 5.41) is 67.8. The van der Waals surface area contributed by atoms with Crippen LogP contribution >= 0.6 is 0 Å². The highest BCUT2D eigenvalue weighted by molar-refractivity contribution is 5.98. The van der Waals surface area contributed by atoms with Gasteiger partial charge in [-0.25, -0.2) is 9.78 Å². The molecule has 0 fully saturated rings. The maximum absolute atomic E-state index is 14.2. The van der Waals surface area contributed by atoms with E-state index in [0.29, 0.717) is 17.7 Å². The van der Waals surface area contributed by atoms with Gasteiger partial charge in [-0.3, -0.25) is 52.9 Å². The Morgan fingerprint density at radius 3 is 1.78 bits per heavy atom. The first-order chi connectivity index (χ1) is 36.6. The number of nitrogens with two attached hydrogens (primary N) is 3. The molecule has 78 heavy (non-hydrogen) atoms. The molecule has 1 aromatic heterocycles. The minimum Gasteiger partial charge on any atom is -0.508 e. The molecule has 1 aromatic carbocycles. The fourth-order valence-corrected chi connectivity index (χ4v) is 7.39. The van der Waals surface area contributed by atoms with Gasteiger partial charge in [0.15, 0.2) is 5.96 Å². The second kappa shape index (κ2) is 32.9. The first-order valence-corrected chi connectivity index (χ1v) is 24.9. The number of aromatic hydroxyl groups is 1. The summed E-state index contributed by atoms with van der Waals surface area (Å²) in [7, 11) is 0. The number of carbonyl (C=O) groups is 11. The van der Waals surface area contributed by atoms with Gasteiger partial charge >= 0.3 is 17.9 Å². The van der Waals surface area contributed by atoms with Gasteiger partial charge in [-0.15, -0.1) is 0 Å². The third kappa shape index (κ3) is 24.1. The van der Waals surface area contributed by atoms with Gasteiger partial charge in [0, 0.05) is 37.7 Å². The van der Waals surface area contributed by atoms with E-state index in [0.717, 1.165) is 0 Å². The third-order valence-electron chi connectivity index (χ3n) is 11.8. The highest BCUT2D eigenvalue weighted by Gasteiger charge is 2.36. The number of hydrogen-bond acceptors (Lipinski definition) is 16. The zero-order valence-corrected chi connectivity index (χ0v) is 43.9. The molecule has 0 spiro atoms. The van der Waals surface area contributed by atoms with E-state index in [4.69, 9.17) is 22.3 Å². The van der Waals surface area contributed by atoms with Crippen molar-refractivity contribution < 1.29 is 78.3 Å². The number of amides is 8. The number of rotatable bonds is 35. The Bertz CT molecular complexity index is 2400. The molecule has 8 amide bonds. The molecule has 432 valence electrons. The van der Waals surface area contributed by atoms with Crippen molar-refractivity contribution >= 4 is 71.1 Å². The molecular weight excluding hydrogens is 1030 g/mol. The summed E-state index contributed by atoms with van der Waals surface area (Å²) >= 11 is 0. The maximum Gasteiger partial charge on any atom is 0.326 e. The molecule has 0 bridgehead atoms. The molecule has 0 saturated carbocycles. The van der Waals surface area contributed by atoms with Gasteiger partial charge in [0.05, 0.1) is 31.4 Å². The van der Waals surface area contributed by atoms with Gasteiger partial charge in [-0.05, 0) is 62.1 Å². The van der Waals surface area contributed by atoms with Crippen molar-refractivity contribution in [3.8, 4) is 5.75 Å². The number of phenols is 1. The van der Waals surface area contributed by atoms with Crippen molar-refractivity contribution in [2.75, 3.05) is 13.1 Å². The summed E-state index contributed by atoms with van der Waals surface area (Å²) in [5.74, 6) is -13.5. The van der Waals surface area contributed by atoms with Gasteiger partial charge in [0.2, 0.25) is 47.3 Å². The number of carboxylic acid groups (broad SMARTS) is 3. The summed E-state index contributed by atoms with van der Waals surface area (Å²) < 4.78 is 0. The number of H-pyrrole nitrogens is 1. The van der Waals surface area contributed by atoms with Crippen LogP contribution in [0.15, 0.2) is 41.8 Å². The molecule has 0 saturated heterocycles. The topological polar surface area (TPSA) is 504 Å². The number of aromatic amines is 1. The van der Waals surface area contributed by atoms with Crippen LogP contribution in [0.3, 0.4) is 0 Å². The molecule has 1 heterocycles. The van der Waals surface area contributed by atoms with E-state index in [1.54, 1.807) is 27.7 Å². The number of nitrogens with zero attached hydrogens (tertiary/aromatic N) is 2. The van der Waals surface area contributed by atoms with Crippen molar-refractivity contribution in [3.05, 3.63) is 48.0 Å². The number of guanidine groups is 1. The number of aliphatic carboxylic acids is 3. The largest absolute Gasteiger partial charge is 0.508 e. The van der Waals surface area contributed by atoms with Crippen LogP contribution in [0.25, 0.3) is 0 Å². The van der Waals surface area contributed by atoms with Gasteiger partial charge in [0.25, 0.3) is 0 Å². The van der Waals surface area contributed by atoms with E-state index in [9.17, 15) is 73.2 Å². The molecule has 0 aliphatic rings. The van der Waals surface area contributed by atoms with E-state index < -0.39 is 145 Å². The molecule has 2 rings (SSSR count). The van der Waals surface area contributed by atoms with Crippen molar-refractivity contribution in [1.29, 1.82) is 0 Å². The number of benzene rings is 1. The third-order valence-corrected chi connectivity index (χ3v) is 11.8. The zero-order chi connectivity index (χ0) is 58.8. The SMILES string of the molecule is CC[C@H](C)[C@H](NC(=O)[C@@H](NC(=O)[C@H](Cc1cnc[nH]1)NC(=O)CNC(=O)[C@H](CC(=O)O)NC(=O)[C@H](CC(C)C)NC(=O)[C@H](CCCN=C(N)N)NC(=O)[C@H](Cc1ccc(O)cc1)NC(=O)[C@@H](N)CCC(=O)O)[C@@H](C)O)C(=O)O. The van der Waals surface area contributed by atoms with Crippen LogP contribution in [-0.4, -0.2) is 174 Å². The second-order valence-corrected chi connectivity index (χ2v) is 18.9. The lowest BCUT2D eigenvalue weighted by Gasteiger charge is -2.27. The number of aliphatic imine (C=N–C) groups is 1. The molecule has 30 nitrogen and oxygen atoms in total. The standard InChI is InChI=1S/C48H74N14O16/c1-6-24(4)38(47(77)78)61-46(76)39(25(5)63)62-45(75)33(18-27-20-52-22-55-27)56-35(65)21-54-41(71)34(19-37(68)69)60-43(73)31(16-23(2)3)59-42(72)30(8-7-15-53-48(50)51)57-44(74)32(17-26-9-11-28(64)12-10-26)58-40(70)29(49)13-14-36(66)67/h9-12,20,22-25,29-34,38-39,63-64H,6-8,13-19,21,49H2,1-5H3,(H,52,55)(H,54,71)(H,56,65)(H,57,74)(H,58,70)(H,59,72)(H,60,73)(H,61,76)(H,62,75)(H,66,67)(H,68,69)(H,77,78)(H4,50,51,53)/t24-,25+,29-,30-,31-,32-,33-,34-,38-,39-/m0/s1. The van der Waals surface area contributed by atoms with E-state index in [-0.39, 0.29) is 62.7 Å². The van der Waals surface area contributed by atoms with Crippen LogP contribution in [0.1, 0.15) is 90.8 Å². The van der Waals surface area contributed by atoms with Crippen molar-refractivity contribution in [2.45, 2.75) is 147 Å². The van der Waals surface area contributed by atoms with Crippen molar-refractivity contribution in [2.24, 2.45) is 34.0 Å². The number of carboxylic acids is 3. The minimum absolute atomic E-state index is 0.0244. The summed E-state index contributed by atoms with van der Waals surface area (Å²) in [6.45, 7) is 6.87.